The lowest BCUT2D eigenvalue weighted by Gasteiger charge is -2.43. The van der Waals surface area contributed by atoms with Crippen molar-refractivity contribution in [3.8, 4) is 0 Å². The minimum Gasteiger partial charge on any atom is -0.379 e. The van der Waals surface area contributed by atoms with Crippen molar-refractivity contribution in [2.24, 2.45) is 11.8 Å². The Morgan fingerprint density at radius 3 is 2.42 bits per heavy atom. The predicted octanol–water partition coefficient (Wildman–Crippen LogP) is 5.75. The molecule has 2 aromatic carbocycles. The predicted molar refractivity (Wildman–Crippen MR) is 135 cm³/mol. The number of morpholine rings is 1. The van der Waals surface area contributed by atoms with Crippen LogP contribution in [0.2, 0.25) is 5.02 Å². The van der Waals surface area contributed by atoms with E-state index >= 15 is 0 Å². The van der Waals surface area contributed by atoms with Gasteiger partial charge in [-0.05, 0) is 66.8 Å². The van der Waals surface area contributed by atoms with Crippen LogP contribution in [-0.2, 0) is 9.53 Å². The molecular formula is C28H37ClN2O2. The Kier molecular flexibility index (Phi) is 8.11. The van der Waals surface area contributed by atoms with Crippen molar-refractivity contribution in [3.05, 3.63) is 70.2 Å². The third-order valence-electron chi connectivity index (χ3n) is 7.50. The molecule has 1 saturated carbocycles. The first-order valence-corrected chi connectivity index (χ1v) is 12.7. The van der Waals surface area contributed by atoms with Gasteiger partial charge in [0.25, 0.3) is 0 Å². The standard InChI is InChI=1S/C28H37ClN2O2/c1-19(2)27(21-8-10-22(29)11-9-21)30-28(32)25-13-12-23(31-14-16-33-17-15-31)18-26(25)24-7-5-4-6-20(24)3/h4-11,19,23,25-27H,12-18H2,1-3H3,(H,30,32). The van der Waals surface area contributed by atoms with Gasteiger partial charge in [0.15, 0.2) is 0 Å². The lowest BCUT2D eigenvalue weighted by Crippen LogP contribution is -2.48. The van der Waals surface area contributed by atoms with Crippen molar-refractivity contribution in [2.75, 3.05) is 26.3 Å². The quantitative estimate of drug-likeness (QED) is 0.587. The minimum absolute atomic E-state index is 0.0167. The summed E-state index contributed by atoms with van der Waals surface area (Å²) in [7, 11) is 0. The van der Waals surface area contributed by atoms with Gasteiger partial charge in [0, 0.05) is 30.1 Å². The Balaban J connectivity index is 1.56. The lowest BCUT2D eigenvalue weighted by atomic mass is 9.71. The van der Waals surface area contributed by atoms with Crippen LogP contribution in [0.3, 0.4) is 0 Å². The average Bonchev–Trinajstić information content (AvgIpc) is 2.83. The number of hydrogen-bond acceptors (Lipinski definition) is 3. The van der Waals surface area contributed by atoms with Crippen LogP contribution in [0.5, 0.6) is 0 Å². The molecule has 2 aliphatic rings. The fraction of sp³-hybridized carbons (Fsp3) is 0.536. The number of aryl methyl sites for hydroxylation is 1. The van der Waals surface area contributed by atoms with Gasteiger partial charge >= 0.3 is 0 Å². The summed E-state index contributed by atoms with van der Waals surface area (Å²) in [5.74, 6) is 0.678. The number of nitrogens with zero attached hydrogens (tertiary/aromatic N) is 1. The second-order valence-electron chi connectivity index (χ2n) is 9.97. The Labute approximate surface area is 203 Å². The number of hydrogen-bond donors (Lipinski definition) is 1. The number of ether oxygens (including phenoxy) is 1. The molecule has 0 radical (unpaired) electrons. The van der Waals surface area contributed by atoms with E-state index in [1.54, 1.807) is 0 Å². The van der Waals surface area contributed by atoms with Crippen molar-refractivity contribution in [2.45, 2.75) is 58.0 Å². The first-order valence-electron chi connectivity index (χ1n) is 12.4. The number of rotatable bonds is 6. The molecule has 4 unspecified atom stereocenters. The van der Waals surface area contributed by atoms with Crippen LogP contribution >= 0.6 is 11.6 Å². The van der Waals surface area contributed by atoms with Gasteiger partial charge in [-0.2, -0.15) is 0 Å². The SMILES string of the molecule is Cc1ccccc1C1CC(N2CCOCC2)CCC1C(=O)NC(c1ccc(Cl)cc1)C(C)C. The number of carbonyl (C=O) groups is 1. The summed E-state index contributed by atoms with van der Waals surface area (Å²) in [4.78, 5) is 16.3. The zero-order valence-corrected chi connectivity index (χ0v) is 20.9. The first kappa shape index (κ1) is 24.3. The van der Waals surface area contributed by atoms with Crippen LogP contribution in [0.1, 0.15) is 61.8 Å². The summed E-state index contributed by atoms with van der Waals surface area (Å²) < 4.78 is 5.58. The Bertz CT molecular complexity index is 924. The van der Waals surface area contributed by atoms with Crippen molar-refractivity contribution in [3.63, 3.8) is 0 Å². The summed E-state index contributed by atoms with van der Waals surface area (Å²) >= 11 is 6.10. The van der Waals surface area contributed by atoms with Gasteiger partial charge < -0.3 is 10.1 Å². The largest absolute Gasteiger partial charge is 0.379 e. The Hall–Kier alpha value is -1.88. The maximum Gasteiger partial charge on any atom is 0.224 e. The van der Waals surface area contributed by atoms with E-state index in [-0.39, 0.29) is 29.7 Å². The van der Waals surface area contributed by atoms with Crippen LogP contribution < -0.4 is 5.32 Å². The maximum atomic E-state index is 13.8. The summed E-state index contributed by atoms with van der Waals surface area (Å²) in [5.41, 5.74) is 3.71. The second kappa shape index (κ2) is 11.0. The lowest BCUT2D eigenvalue weighted by molar-refractivity contribution is -0.128. The van der Waals surface area contributed by atoms with Crippen LogP contribution in [0.25, 0.3) is 0 Å². The van der Waals surface area contributed by atoms with Gasteiger partial charge in [-0.25, -0.2) is 0 Å². The Morgan fingerprint density at radius 1 is 1.06 bits per heavy atom. The van der Waals surface area contributed by atoms with Crippen LogP contribution in [0.15, 0.2) is 48.5 Å². The zero-order valence-electron chi connectivity index (χ0n) is 20.1. The molecule has 33 heavy (non-hydrogen) atoms. The zero-order chi connectivity index (χ0) is 23.4. The monoisotopic (exact) mass is 468 g/mol. The van der Waals surface area contributed by atoms with E-state index < -0.39 is 0 Å². The minimum atomic E-state index is -0.0238. The van der Waals surface area contributed by atoms with E-state index in [0.717, 1.165) is 51.1 Å². The molecule has 4 nitrogen and oxygen atoms in total. The normalized spacial score (nSPS) is 25.1. The highest BCUT2D eigenvalue weighted by Gasteiger charge is 2.39. The average molecular weight is 469 g/mol. The van der Waals surface area contributed by atoms with E-state index in [9.17, 15) is 4.79 Å². The molecule has 2 fully saturated rings. The fourth-order valence-corrected chi connectivity index (χ4v) is 5.77. The molecule has 1 amide bonds. The fourth-order valence-electron chi connectivity index (χ4n) is 5.65. The van der Waals surface area contributed by atoms with Gasteiger partial charge in [0.2, 0.25) is 5.91 Å². The van der Waals surface area contributed by atoms with Crippen molar-refractivity contribution >= 4 is 17.5 Å². The number of amides is 1. The summed E-state index contributed by atoms with van der Waals surface area (Å²) in [6.45, 7) is 10.1. The Morgan fingerprint density at radius 2 is 1.76 bits per heavy atom. The molecule has 1 saturated heterocycles. The molecule has 1 N–H and O–H groups in total. The maximum absolute atomic E-state index is 13.8. The molecular weight excluding hydrogens is 432 g/mol. The molecule has 1 aliphatic heterocycles. The summed E-state index contributed by atoms with van der Waals surface area (Å²) in [5, 5.41) is 4.14. The summed E-state index contributed by atoms with van der Waals surface area (Å²) in [6.07, 6.45) is 3.00. The van der Waals surface area contributed by atoms with Crippen molar-refractivity contribution in [1.82, 2.24) is 10.2 Å². The first-order chi connectivity index (χ1) is 15.9. The van der Waals surface area contributed by atoms with E-state index in [2.05, 4.69) is 55.3 Å². The molecule has 0 bridgehead atoms. The molecule has 5 heteroatoms. The van der Waals surface area contributed by atoms with E-state index in [0.29, 0.717) is 11.1 Å². The topological polar surface area (TPSA) is 41.6 Å². The molecule has 4 atom stereocenters. The van der Waals surface area contributed by atoms with Crippen LogP contribution in [0.4, 0.5) is 0 Å². The highest BCUT2D eigenvalue weighted by molar-refractivity contribution is 6.30. The molecule has 1 aliphatic carbocycles. The molecule has 2 aromatic rings. The van der Waals surface area contributed by atoms with Gasteiger partial charge in [-0.1, -0.05) is 61.8 Å². The van der Waals surface area contributed by atoms with Gasteiger partial charge in [0.05, 0.1) is 19.3 Å². The van der Waals surface area contributed by atoms with E-state index in [1.165, 1.54) is 11.1 Å². The number of halogens is 1. The van der Waals surface area contributed by atoms with Crippen LogP contribution in [-0.4, -0.2) is 43.2 Å². The van der Waals surface area contributed by atoms with Gasteiger partial charge in [0.1, 0.15) is 0 Å². The van der Waals surface area contributed by atoms with Crippen molar-refractivity contribution < 1.29 is 9.53 Å². The number of benzene rings is 2. The van der Waals surface area contributed by atoms with E-state index in [4.69, 9.17) is 16.3 Å². The smallest absolute Gasteiger partial charge is 0.224 e. The van der Waals surface area contributed by atoms with Crippen molar-refractivity contribution in [1.29, 1.82) is 0 Å². The molecule has 4 rings (SSSR count). The number of nitrogens with one attached hydrogen (secondary N) is 1. The summed E-state index contributed by atoms with van der Waals surface area (Å²) in [6, 6.07) is 17.0. The molecule has 178 valence electrons. The molecule has 0 spiro atoms. The van der Waals surface area contributed by atoms with Gasteiger partial charge in [-0.3, -0.25) is 9.69 Å². The molecule has 0 aromatic heterocycles. The second-order valence-corrected chi connectivity index (χ2v) is 10.4. The van der Waals surface area contributed by atoms with Gasteiger partial charge in [-0.15, -0.1) is 0 Å². The highest BCUT2D eigenvalue weighted by atomic mass is 35.5. The number of carbonyl (C=O) groups excluding carboxylic acids is 1. The third kappa shape index (κ3) is 5.79. The highest BCUT2D eigenvalue weighted by Crippen LogP contribution is 2.41. The van der Waals surface area contributed by atoms with Crippen LogP contribution in [0, 0.1) is 18.8 Å². The molecule has 1 heterocycles. The third-order valence-corrected chi connectivity index (χ3v) is 7.75. The van der Waals surface area contributed by atoms with E-state index in [1.807, 2.05) is 24.3 Å².